The quantitative estimate of drug-likeness (QED) is 0.823. The standard InChI is InChI=1S/C15H19N3O3/c1-3-18(10-11-6-5-9-21-11)14-13(16)12(7-8-17-14)15(19)20-4-2/h5-9H,3-4,10,16H2,1-2H3. The lowest BCUT2D eigenvalue weighted by Gasteiger charge is -2.23. The summed E-state index contributed by atoms with van der Waals surface area (Å²) in [5.74, 6) is 0.923. The van der Waals surface area contributed by atoms with Crippen molar-refractivity contribution in [2.24, 2.45) is 0 Å². The molecule has 112 valence electrons. The highest BCUT2D eigenvalue weighted by atomic mass is 16.5. The van der Waals surface area contributed by atoms with Crippen LogP contribution in [0.4, 0.5) is 11.5 Å². The van der Waals surface area contributed by atoms with E-state index in [1.165, 1.54) is 0 Å². The summed E-state index contributed by atoms with van der Waals surface area (Å²) in [4.78, 5) is 18.1. The third-order valence-corrected chi connectivity index (χ3v) is 3.07. The minimum absolute atomic E-state index is 0.305. The first-order valence-corrected chi connectivity index (χ1v) is 6.86. The Morgan fingerprint density at radius 2 is 2.24 bits per heavy atom. The maximum atomic E-state index is 11.9. The van der Waals surface area contributed by atoms with Gasteiger partial charge in [-0.2, -0.15) is 0 Å². The SMILES string of the molecule is CCOC(=O)c1ccnc(N(CC)Cc2ccco2)c1N. The lowest BCUT2D eigenvalue weighted by atomic mass is 10.2. The van der Waals surface area contributed by atoms with Crippen LogP contribution in [-0.4, -0.2) is 24.1 Å². The molecule has 2 heterocycles. The monoisotopic (exact) mass is 289 g/mol. The number of furan rings is 1. The molecule has 0 amide bonds. The van der Waals surface area contributed by atoms with Crippen molar-refractivity contribution in [3.05, 3.63) is 42.0 Å². The summed E-state index contributed by atoms with van der Waals surface area (Å²) >= 11 is 0. The largest absolute Gasteiger partial charge is 0.467 e. The van der Waals surface area contributed by atoms with Gasteiger partial charge in [-0.3, -0.25) is 0 Å². The minimum atomic E-state index is -0.437. The average molecular weight is 289 g/mol. The molecule has 0 spiro atoms. The van der Waals surface area contributed by atoms with Crippen molar-refractivity contribution in [2.45, 2.75) is 20.4 Å². The normalized spacial score (nSPS) is 10.4. The Morgan fingerprint density at radius 3 is 2.86 bits per heavy atom. The van der Waals surface area contributed by atoms with Crippen LogP contribution in [0.1, 0.15) is 30.0 Å². The topological polar surface area (TPSA) is 81.6 Å². The van der Waals surface area contributed by atoms with Crippen LogP contribution in [0.25, 0.3) is 0 Å². The van der Waals surface area contributed by atoms with Crippen molar-refractivity contribution in [3.63, 3.8) is 0 Å². The Balaban J connectivity index is 2.29. The van der Waals surface area contributed by atoms with Crippen LogP contribution in [-0.2, 0) is 11.3 Å². The second kappa shape index (κ2) is 6.78. The highest BCUT2D eigenvalue weighted by Gasteiger charge is 2.18. The lowest BCUT2D eigenvalue weighted by Crippen LogP contribution is -2.25. The Kier molecular flexibility index (Phi) is 4.81. The molecule has 0 saturated carbocycles. The Morgan fingerprint density at radius 1 is 1.43 bits per heavy atom. The van der Waals surface area contributed by atoms with Gasteiger partial charge in [0.1, 0.15) is 5.76 Å². The average Bonchev–Trinajstić information content (AvgIpc) is 2.98. The highest BCUT2D eigenvalue weighted by molar-refractivity contribution is 5.97. The summed E-state index contributed by atoms with van der Waals surface area (Å²) in [7, 11) is 0. The van der Waals surface area contributed by atoms with Gasteiger partial charge < -0.3 is 19.8 Å². The molecule has 0 atom stereocenters. The van der Waals surface area contributed by atoms with Gasteiger partial charge in [0.25, 0.3) is 0 Å². The molecule has 21 heavy (non-hydrogen) atoms. The number of anilines is 2. The van der Waals surface area contributed by atoms with Crippen molar-refractivity contribution in [2.75, 3.05) is 23.8 Å². The molecule has 6 heteroatoms. The van der Waals surface area contributed by atoms with E-state index < -0.39 is 5.97 Å². The fraction of sp³-hybridized carbons (Fsp3) is 0.333. The third-order valence-electron chi connectivity index (χ3n) is 3.07. The predicted molar refractivity (Wildman–Crippen MR) is 80.0 cm³/mol. The molecule has 0 bridgehead atoms. The number of carbonyl (C=O) groups excluding carboxylic acids is 1. The van der Waals surface area contributed by atoms with E-state index in [2.05, 4.69) is 4.98 Å². The summed E-state index contributed by atoms with van der Waals surface area (Å²) in [5.41, 5.74) is 6.74. The lowest BCUT2D eigenvalue weighted by molar-refractivity contribution is 0.0527. The number of pyridine rings is 1. The van der Waals surface area contributed by atoms with Crippen molar-refractivity contribution >= 4 is 17.5 Å². The molecule has 0 aliphatic carbocycles. The number of aromatic nitrogens is 1. The summed E-state index contributed by atoms with van der Waals surface area (Å²) in [6, 6.07) is 5.28. The summed E-state index contributed by atoms with van der Waals surface area (Å²) in [6.07, 6.45) is 3.18. The second-order valence-corrected chi connectivity index (χ2v) is 4.41. The fourth-order valence-corrected chi connectivity index (χ4v) is 2.03. The van der Waals surface area contributed by atoms with Crippen LogP contribution in [0, 0.1) is 0 Å². The molecular formula is C15H19N3O3. The molecule has 0 aromatic carbocycles. The fourth-order valence-electron chi connectivity index (χ4n) is 2.03. The number of nitrogens with two attached hydrogens (primary N) is 1. The molecule has 0 fully saturated rings. The molecule has 2 rings (SSSR count). The number of ether oxygens (including phenoxy) is 1. The predicted octanol–water partition coefficient (Wildman–Crippen LogP) is 2.46. The van der Waals surface area contributed by atoms with E-state index >= 15 is 0 Å². The van der Waals surface area contributed by atoms with Gasteiger partial charge in [-0.05, 0) is 32.0 Å². The van der Waals surface area contributed by atoms with Gasteiger partial charge in [-0.25, -0.2) is 9.78 Å². The number of hydrogen-bond acceptors (Lipinski definition) is 6. The molecule has 2 aromatic heterocycles. The van der Waals surface area contributed by atoms with E-state index in [0.717, 1.165) is 5.76 Å². The number of nitrogens with zero attached hydrogens (tertiary/aromatic N) is 2. The van der Waals surface area contributed by atoms with E-state index in [9.17, 15) is 4.79 Å². The Bertz CT molecular complexity index is 596. The van der Waals surface area contributed by atoms with Crippen molar-refractivity contribution < 1.29 is 13.9 Å². The first-order valence-electron chi connectivity index (χ1n) is 6.86. The zero-order chi connectivity index (χ0) is 15.2. The maximum Gasteiger partial charge on any atom is 0.340 e. The van der Waals surface area contributed by atoms with E-state index in [4.69, 9.17) is 14.9 Å². The molecule has 0 radical (unpaired) electrons. The van der Waals surface area contributed by atoms with Gasteiger partial charge in [0, 0.05) is 12.7 Å². The van der Waals surface area contributed by atoms with Crippen molar-refractivity contribution in [1.82, 2.24) is 4.98 Å². The number of nitrogen functional groups attached to an aromatic ring is 1. The van der Waals surface area contributed by atoms with Gasteiger partial charge in [0.05, 0.1) is 30.7 Å². The molecule has 0 aliphatic heterocycles. The maximum absolute atomic E-state index is 11.9. The molecule has 0 aliphatic rings. The van der Waals surface area contributed by atoms with Gasteiger partial charge in [0.15, 0.2) is 5.82 Å². The molecule has 2 aromatic rings. The van der Waals surface area contributed by atoms with Crippen LogP contribution < -0.4 is 10.6 Å². The Labute approximate surface area is 123 Å². The van der Waals surface area contributed by atoms with E-state index in [1.54, 1.807) is 25.5 Å². The van der Waals surface area contributed by atoms with Crippen LogP contribution in [0.2, 0.25) is 0 Å². The number of hydrogen-bond donors (Lipinski definition) is 1. The molecule has 6 nitrogen and oxygen atoms in total. The molecule has 0 unspecified atom stereocenters. The third kappa shape index (κ3) is 3.34. The number of carbonyl (C=O) groups is 1. The molecule has 2 N–H and O–H groups in total. The van der Waals surface area contributed by atoms with Crippen molar-refractivity contribution in [1.29, 1.82) is 0 Å². The smallest absolute Gasteiger partial charge is 0.340 e. The van der Waals surface area contributed by atoms with E-state index in [1.807, 2.05) is 24.0 Å². The summed E-state index contributed by atoms with van der Waals surface area (Å²) in [5, 5.41) is 0. The minimum Gasteiger partial charge on any atom is -0.467 e. The van der Waals surface area contributed by atoms with E-state index in [0.29, 0.717) is 36.8 Å². The van der Waals surface area contributed by atoms with Gasteiger partial charge in [-0.1, -0.05) is 0 Å². The summed E-state index contributed by atoms with van der Waals surface area (Å²) in [6.45, 7) is 5.27. The van der Waals surface area contributed by atoms with Gasteiger partial charge in [-0.15, -0.1) is 0 Å². The second-order valence-electron chi connectivity index (χ2n) is 4.41. The van der Waals surface area contributed by atoms with Crippen LogP contribution in [0.15, 0.2) is 35.1 Å². The van der Waals surface area contributed by atoms with E-state index in [-0.39, 0.29) is 0 Å². The number of esters is 1. The first kappa shape index (κ1) is 14.9. The van der Waals surface area contributed by atoms with Crippen LogP contribution >= 0.6 is 0 Å². The number of rotatable bonds is 6. The van der Waals surface area contributed by atoms with Crippen LogP contribution in [0.3, 0.4) is 0 Å². The summed E-state index contributed by atoms with van der Waals surface area (Å²) < 4.78 is 10.3. The Hall–Kier alpha value is -2.50. The van der Waals surface area contributed by atoms with Gasteiger partial charge >= 0.3 is 5.97 Å². The highest BCUT2D eigenvalue weighted by Crippen LogP contribution is 2.26. The first-order chi connectivity index (χ1) is 10.2. The van der Waals surface area contributed by atoms with Crippen molar-refractivity contribution in [3.8, 4) is 0 Å². The zero-order valence-electron chi connectivity index (χ0n) is 12.2. The van der Waals surface area contributed by atoms with Gasteiger partial charge in [0.2, 0.25) is 0 Å². The van der Waals surface area contributed by atoms with Crippen LogP contribution in [0.5, 0.6) is 0 Å². The molecule has 0 saturated heterocycles. The zero-order valence-corrected chi connectivity index (χ0v) is 12.2. The molecular weight excluding hydrogens is 270 g/mol.